The number of esters is 1. The molecule has 7 heteroatoms. The van der Waals surface area contributed by atoms with Crippen LogP contribution in [0.3, 0.4) is 0 Å². The SMILES string of the molecule is CCCCCCCCCCCCCCC(C(=O)OC)S(=O)(=O)[O-].[K+]. The summed E-state index contributed by atoms with van der Waals surface area (Å²) < 4.78 is 37.4. The fourth-order valence-corrected chi connectivity index (χ4v) is 3.47. The maximum absolute atomic E-state index is 11.3. The number of methoxy groups -OCH3 is 1. The molecule has 0 aliphatic rings. The van der Waals surface area contributed by atoms with E-state index in [2.05, 4.69) is 11.7 Å². The molecule has 0 aromatic carbocycles. The third-order valence-electron chi connectivity index (χ3n) is 4.13. The average molecular weight is 389 g/mol. The molecule has 24 heavy (non-hydrogen) atoms. The second kappa shape index (κ2) is 17.4. The topological polar surface area (TPSA) is 83.5 Å². The molecule has 0 spiro atoms. The van der Waals surface area contributed by atoms with Crippen LogP contribution in [0.1, 0.15) is 90.4 Å². The van der Waals surface area contributed by atoms with E-state index in [4.69, 9.17) is 0 Å². The van der Waals surface area contributed by atoms with Gasteiger partial charge in [0.25, 0.3) is 0 Å². The number of hydrogen-bond donors (Lipinski definition) is 0. The van der Waals surface area contributed by atoms with E-state index in [0.29, 0.717) is 6.42 Å². The van der Waals surface area contributed by atoms with E-state index >= 15 is 0 Å². The van der Waals surface area contributed by atoms with Gasteiger partial charge in [0.15, 0.2) is 0 Å². The Kier molecular flexibility index (Phi) is 19.8. The van der Waals surface area contributed by atoms with Crippen molar-refractivity contribution >= 4 is 16.1 Å². The van der Waals surface area contributed by atoms with Gasteiger partial charge in [-0.25, -0.2) is 8.42 Å². The summed E-state index contributed by atoms with van der Waals surface area (Å²) in [6.45, 7) is 2.22. The minimum Gasteiger partial charge on any atom is -0.747 e. The van der Waals surface area contributed by atoms with Gasteiger partial charge in [0.2, 0.25) is 0 Å². The predicted molar refractivity (Wildman–Crippen MR) is 91.2 cm³/mol. The molecular weight excluding hydrogens is 355 g/mol. The van der Waals surface area contributed by atoms with Crippen molar-refractivity contribution in [3.63, 3.8) is 0 Å². The van der Waals surface area contributed by atoms with Gasteiger partial charge in [-0.3, -0.25) is 4.79 Å². The Labute approximate surface area is 190 Å². The molecule has 0 heterocycles. The van der Waals surface area contributed by atoms with Gasteiger partial charge in [-0.2, -0.15) is 0 Å². The molecule has 0 amide bonds. The van der Waals surface area contributed by atoms with E-state index in [1.807, 2.05) is 0 Å². The Morgan fingerprint density at radius 2 is 1.25 bits per heavy atom. The van der Waals surface area contributed by atoms with Gasteiger partial charge in [-0.15, -0.1) is 0 Å². The van der Waals surface area contributed by atoms with E-state index < -0.39 is 21.3 Å². The molecule has 0 aromatic heterocycles. The van der Waals surface area contributed by atoms with E-state index in [-0.39, 0.29) is 57.8 Å². The molecule has 0 rings (SSSR count). The van der Waals surface area contributed by atoms with Crippen molar-refractivity contribution in [3.05, 3.63) is 0 Å². The van der Waals surface area contributed by atoms with E-state index in [1.165, 1.54) is 51.4 Å². The first-order valence-electron chi connectivity index (χ1n) is 8.96. The summed E-state index contributed by atoms with van der Waals surface area (Å²) in [6.07, 6.45) is 14.0. The molecule has 1 atom stereocenters. The normalized spacial score (nSPS) is 12.5. The summed E-state index contributed by atoms with van der Waals surface area (Å²) in [4.78, 5) is 11.3. The van der Waals surface area contributed by atoms with E-state index in [1.54, 1.807) is 0 Å². The first-order chi connectivity index (χ1) is 10.9. The summed E-state index contributed by atoms with van der Waals surface area (Å²) in [5, 5.41) is -1.55. The summed E-state index contributed by atoms with van der Waals surface area (Å²) in [5.74, 6) is -0.942. The number of rotatable bonds is 15. The summed E-state index contributed by atoms with van der Waals surface area (Å²) in [7, 11) is -3.52. The molecule has 0 aliphatic heterocycles. The number of unbranched alkanes of at least 4 members (excludes halogenated alkanes) is 11. The molecule has 0 bridgehead atoms. The Hall–Kier alpha value is 1.02. The molecule has 5 nitrogen and oxygen atoms in total. The molecule has 0 fully saturated rings. The van der Waals surface area contributed by atoms with Crippen LogP contribution >= 0.6 is 0 Å². The quantitative estimate of drug-likeness (QED) is 0.182. The van der Waals surface area contributed by atoms with Crippen LogP contribution in [0.5, 0.6) is 0 Å². The first-order valence-corrected chi connectivity index (χ1v) is 10.4. The molecule has 1 unspecified atom stereocenters. The summed E-state index contributed by atoms with van der Waals surface area (Å²) >= 11 is 0. The van der Waals surface area contributed by atoms with Crippen LogP contribution in [0.25, 0.3) is 0 Å². The zero-order chi connectivity index (χ0) is 17.6. The average Bonchev–Trinajstić information content (AvgIpc) is 2.50. The molecule has 0 N–H and O–H groups in total. The smallest absolute Gasteiger partial charge is 0.747 e. The van der Waals surface area contributed by atoms with Crippen molar-refractivity contribution in [2.45, 2.75) is 95.6 Å². The van der Waals surface area contributed by atoms with Gasteiger partial charge in [0.05, 0.1) is 7.11 Å². The van der Waals surface area contributed by atoms with Crippen molar-refractivity contribution in [2.75, 3.05) is 7.11 Å². The Balaban J connectivity index is 0. The van der Waals surface area contributed by atoms with Gasteiger partial charge in [0, 0.05) is 0 Å². The Morgan fingerprint density at radius 1 is 0.875 bits per heavy atom. The third kappa shape index (κ3) is 15.3. The molecule has 138 valence electrons. The third-order valence-corrected chi connectivity index (χ3v) is 5.26. The number of carbonyl (C=O) groups is 1. The van der Waals surface area contributed by atoms with Gasteiger partial charge >= 0.3 is 57.4 Å². The van der Waals surface area contributed by atoms with Crippen LogP contribution in [-0.4, -0.2) is 31.3 Å². The maximum atomic E-state index is 11.3. The van der Waals surface area contributed by atoms with Crippen LogP contribution in [0.15, 0.2) is 0 Å². The van der Waals surface area contributed by atoms with Crippen molar-refractivity contribution < 1.29 is 73.9 Å². The molecular formula is C17H33KO5S. The van der Waals surface area contributed by atoms with Gasteiger partial charge in [-0.05, 0) is 6.42 Å². The predicted octanol–water partition coefficient (Wildman–Crippen LogP) is 1.17. The molecule has 0 aliphatic carbocycles. The van der Waals surface area contributed by atoms with Crippen molar-refractivity contribution in [2.24, 2.45) is 0 Å². The largest absolute Gasteiger partial charge is 1.00 e. The van der Waals surface area contributed by atoms with Crippen LogP contribution < -0.4 is 51.4 Å². The van der Waals surface area contributed by atoms with Crippen molar-refractivity contribution in [1.29, 1.82) is 0 Å². The van der Waals surface area contributed by atoms with Crippen LogP contribution in [0, 0.1) is 0 Å². The molecule has 0 saturated heterocycles. The first kappa shape index (κ1) is 27.2. The molecule has 0 aromatic rings. The van der Waals surface area contributed by atoms with Crippen molar-refractivity contribution in [1.82, 2.24) is 0 Å². The number of carbonyl (C=O) groups excluding carboxylic acids is 1. The monoisotopic (exact) mass is 388 g/mol. The van der Waals surface area contributed by atoms with E-state index in [9.17, 15) is 17.8 Å². The maximum Gasteiger partial charge on any atom is 1.00 e. The second-order valence-corrected chi connectivity index (χ2v) is 7.74. The van der Waals surface area contributed by atoms with Crippen LogP contribution in [0.4, 0.5) is 0 Å². The number of ether oxygens (including phenoxy) is 1. The van der Waals surface area contributed by atoms with Crippen LogP contribution in [-0.2, 0) is 19.6 Å². The molecule has 0 saturated carbocycles. The minimum absolute atomic E-state index is 0. The van der Waals surface area contributed by atoms with Gasteiger partial charge in [-0.1, -0.05) is 84.0 Å². The van der Waals surface area contributed by atoms with Crippen molar-refractivity contribution in [3.8, 4) is 0 Å². The summed E-state index contributed by atoms with van der Waals surface area (Å²) in [5.41, 5.74) is 0. The van der Waals surface area contributed by atoms with Crippen LogP contribution in [0.2, 0.25) is 0 Å². The van der Waals surface area contributed by atoms with Gasteiger partial charge < -0.3 is 9.29 Å². The van der Waals surface area contributed by atoms with Gasteiger partial charge in [0.1, 0.15) is 15.4 Å². The zero-order valence-electron chi connectivity index (χ0n) is 15.7. The number of hydrogen-bond acceptors (Lipinski definition) is 5. The second-order valence-electron chi connectivity index (χ2n) is 6.18. The fraction of sp³-hybridized carbons (Fsp3) is 0.941. The Morgan fingerprint density at radius 3 is 1.58 bits per heavy atom. The Bertz CT molecular complexity index is 398. The molecule has 0 radical (unpaired) electrons. The minimum atomic E-state index is -4.62. The fourth-order valence-electron chi connectivity index (χ4n) is 2.68. The van der Waals surface area contributed by atoms with E-state index in [0.717, 1.165) is 26.4 Å². The zero-order valence-corrected chi connectivity index (χ0v) is 19.7. The summed E-state index contributed by atoms with van der Waals surface area (Å²) in [6, 6.07) is 0. The standard InChI is InChI=1S/C17H34O5S.K/c1-3-4-5-6-7-8-9-10-11-12-13-14-15-16(17(18)22-2)23(19,20)21;/h16H,3-15H2,1-2H3,(H,19,20,21);/q;+1/p-1.